The molecule has 0 radical (unpaired) electrons. The average molecular weight is 656 g/mol. The number of urea groups is 1. The molecule has 1 aromatic carbocycles. The van der Waals surface area contributed by atoms with Gasteiger partial charge in [-0.2, -0.15) is 0 Å². The Kier molecular flexibility index (Phi) is 17.5. The van der Waals surface area contributed by atoms with E-state index in [0.717, 1.165) is 18.4 Å². The van der Waals surface area contributed by atoms with Crippen molar-refractivity contribution in [3.05, 3.63) is 29.8 Å². The van der Waals surface area contributed by atoms with Crippen LogP contribution >= 0.6 is 15.9 Å². The number of nitrogens with two attached hydrogens (primary N) is 1. The van der Waals surface area contributed by atoms with Crippen LogP contribution in [0.1, 0.15) is 64.9 Å². The normalized spacial score (nSPS) is 12.0. The van der Waals surface area contributed by atoms with Crippen LogP contribution in [0.2, 0.25) is 0 Å². The zero-order chi connectivity index (χ0) is 31.5. The smallest absolute Gasteiger partial charge is 0.312 e. The van der Waals surface area contributed by atoms with Crippen LogP contribution < -0.4 is 32.3 Å². The number of alkyl halides is 1. The van der Waals surface area contributed by atoms with Crippen LogP contribution in [-0.4, -0.2) is 66.1 Å². The molecule has 14 heteroatoms. The molecule has 0 aliphatic heterocycles. The maximum Gasteiger partial charge on any atom is 0.312 e. The number of benzene rings is 1. The first-order chi connectivity index (χ1) is 19.9. The zero-order valence-electron chi connectivity index (χ0n) is 24.4. The molecular formula is C28H43BrN6O7. The van der Waals surface area contributed by atoms with E-state index >= 15 is 0 Å². The van der Waals surface area contributed by atoms with Gasteiger partial charge in [-0.15, -0.1) is 0 Å². The van der Waals surface area contributed by atoms with E-state index < -0.39 is 35.9 Å². The van der Waals surface area contributed by atoms with Gasteiger partial charge in [0.15, 0.2) is 0 Å². The van der Waals surface area contributed by atoms with Gasteiger partial charge in [0.2, 0.25) is 23.6 Å². The highest BCUT2D eigenvalue weighted by Gasteiger charge is 2.28. The number of unbranched alkanes of at least 4 members (excludes halogenated alkanes) is 2. The summed E-state index contributed by atoms with van der Waals surface area (Å²) in [5.74, 6) is -2.01. The van der Waals surface area contributed by atoms with Gasteiger partial charge in [-0.25, -0.2) is 4.79 Å². The van der Waals surface area contributed by atoms with Crippen LogP contribution in [0.4, 0.5) is 10.5 Å². The SMILES string of the molecule is CC(=O)OCc1ccc(NC(=O)[C@@H](CCCNC(N)=O)NC(=O)C(NC(=O)CCCCCNC(=O)CBr)C(C)C)cc1. The average Bonchev–Trinajstić information content (AvgIpc) is 2.94. The summed E-state index contributed by atoms with van der Waals surface area (Å²) in [5, 5.41) is 13.7. The summed E-state index contributed by atoms with van der Waals surface area (Å²) in [6.45, 7) is 5.74. The third-order valence-corrected chi connectivity index (χ3v) is 6.56. The summed E-state index contributed by atoms with van der Waals surface area (Å²) in [6, 6.07) is 4.18. The standard InChI is InChI=1S/C28H43BrN6O7/c1-18(2)25(35-23(37)9-5-4-6-14-31-24(38)16-29)27(40)34-22(8-7-15-32-28(30)41)26(39)33-21-12-10-20(11-13-21)17-42-19(3)36/h10-13,18,22,25H,4-9,14-17H2,1-3H3,(H,31,38)(H,33,39)(H,34,40)(H,35,37)(H3,30,32,41)/t22-,25?/m1/s1. The minimum absolute atomic E-state index is 0.0937. The first-order valence-corrected chi connectivity index (χ1v) is 15.0. The Hall–Kier alpha value is -3.68. The molecule has 0 aromatic heterocycles. The number of amides is 6. The Morgan fingerprint density at radius 1 is 0.857 bits per heavy atom. The number of halogens is 1. The number of primary amides is 1. The molecular weight excluding hydrogens is 612 g/mol. The second kappa shape index (κ2) is 20.2. The summed E-state index contributed by atoms with van der Waals surface area (Å²) < 4.78 is 4.96. The van der Waals surface area contributed by atoms with Crippen molar-refractivity contribution in [1.29, 1.82) is 0 Å². The number of hydrogen-bond donors (Lipinski definition) is 6. The summed E-state index contributed by atoms with van der Waals surface area (Å²) in [5.41, 5.74) is 6.32. The van der Waals surface area contributed by atoms with Crippen LogP contribution in [0.15, 0.2) is 24.3 Å². The number of hydrogen-bond acceptors (Lipinski definition) is 7. The zero-order valence-corrected chi connectivity index (χ0v) is 26.0. The van der Waals surface area contributed by atoms with Gasteiger partial charge in [0.1, 0.15) is 18.7 Å². The van der Waals surface area contributed by atoms with Crippen molar-refractivity contribution in [3.63, 3.8) is 0 Å². The van der Waals surface area contributed by atoms with Crippen molar-refractivity contribution in [2.45, 2.75) is 78.0 Å². The fourth-order valence-corrected chi connectivity index (χ4v) is 3.99. The van der Waals surface area contributed by atoms with E-state index in [2.05, 4.69) is 42.5 Å². The molecule has 234 valence electrons. The van der Waals surface area contributed by atoms with Gasteiger partial charge in [0, 0.05) is 32.1 Å². The molecule has 0 saturated carbocycles. The van der Waals surface area contributed by atoms with Crippen molar-refractivity contribution in [1.82, 2.24) is 21.3 Å². The van der Waals surface area contributed by atoms with Gasteiger partial charge in [0.25, 0.3) is 0 Å². The molecule has 0 fully saturated rings. The Labute approximate surface area is 254 Å². The number of anilines is 1. The molecule has 0 aliphatic rings. The summed E-state index contributed by atoms with van der Waals surface area (Å²) in [6.07, 6.45) is 2.85. The Morgan fingerprint density at radius 3 is 2.12 bits per heavy atom. The first-order valence-electron chi connectivity index (χ1n) is 13.9. The third kappa shape index (κ3) is 15.9. The summed E-state index contributed by atoms with van der Waals surface area (Å²) >= 11 is 3.08. The molecule has 6 amide bonds. The van der Waals surface area contributed by atoms with Gasteiger partial charge in [-0.1, -0.05) is 48.3 Å². The monoisotopic (exact) mass is 654 g/mol. The molecule has 13 nitrogen and oxygen atoms in total. The molecule has 0 saturated heterocycles. The molecule has 2 atom stereocenters. The Bertz CT molecular complexity index is 1050. The molecule has 7 N–H and O–H groups in total. The minimum atomic E-state index is -0.958. The quantitative estimate of drug-likeness (QED) is 0.0742. The van der Waals surface area contributed by atoms with Gasteiger partial charge >= 0.3 is 12.0 Å². The second-order valence-electron chi connectivity index (χ2n) is 10.0. The maximum atomic E-state index is 13.2. The predicted octanol–water partition coefficient (Wildman–Crippen LogP) is 1.83. The number of carbonyl (C=O) groups is 6. The molecule has 1 aromatic rings. The van der Waals surface area contributed by atoms with E-state index in [0.29, 0.717) is 25.1 Å². The topological polar surface area (TPSA) is 198 Å². The van der Waals surface area contributed by atoms with Crippen LogP contribution in [0.25, 0.3) is 0 Å². The van der Waals surface area contributed by atoms with Crippen molar-refractivity contribution in [2.24, 2.45) is 11.7 Å². The third-order valence-electron chi connectivity index (χ3n) is 6.06. The molecule has 0 spiro atoms. The highest BCUT2D eigenvalue weighted by Crippen LogP contribution is 2.13. The van der Waals surface area contributed by atoms with Crippen molar-refractivity contribution in [3.8, 4) is 0 Å². The van der Waals surface area contributed by atoms with Gasteiger partial charge in [0.05, 0.1) is 5.33 Å². The van der Waals surface area contributed by atoms with E-state index in [1.54, 1.807) is 38.1 Å². The lowest BCUT2D eigenvalue weighted by atomic mass is 10.0. The van der Waals surface area contributed by atoms with Crippen LogP contribution in [0, 0.1) is 5.92 Å². The number of nitrogens with one attached hydrogen (secondary N) is 5. The highest BCUT2D eigenvalue weighted by atomic mass is 79.9. The Balaban J connectivity index is 2.77. The predicted molar refractivity (Wildman–Crippen MR) is 161 cm³/mol. The number of esters is 1. The number of carbonyl (C=O) groups excluding carboxylic acids is 6. The number of rotatable bonds is 19. The minimum Gasteiger partial charge on any atom is -0.461 e. The fourth-order valence-electron chi connectivity index (χ4n) is 3.79. The number of ether oxygens (including phenoxy) is 1. The van der Waals surface area contributed by atoms with Gasteiger partial charge in [-0.3, -0.25) is 24.0 Å². The molecule has 1 unspecified atom stereocenters. The lowest BCUT2D eigenvalue weighted by Crippen LogP contribution is -2.54. The van der Waals surface area contributed by atoms with E-state index in [9.17, 15) is 28.8 Å². The van der Waals surface area contributed by atoms with Crippen molar-refractivity contribution in [2.75, 3.05) is 23.7 Å². The van der Waals surface area contributed by atoms with Gasteiger partial charge in [-0.05, 0) is 49.3 Å². The Morgan fingerprint density at radius 2 is 1.52 bits per heavy atom. The summed E-state index contributed by atoms with van der Waals surface area (Å²) in [4.78, 5) is 72.2. The van der Waals surface area contributed by atoms with Crippen LogP contribution in [0.3, 0.4) is 0 Å². The van der Waals surface area contributed by atoms with Gasteiger partial charge < -0.3 is 37.1 Å². The van der Waals surface area contributed by atoms with E-state index in [1.165, 1.54) is 6.92 Å². The lowest BCUT2D eigenvalue weighted by molar-refractivity contribution is -0.142. The second-order valence-corrected chi connectivity index (χ2v) is 10.6. The lowest BCUT2D eigenvalue weighted by Gasteiger charge is -2.25. The first kappa shape index (κ1) is 36.3. The van der Waals surface area contributed by atoms with Crippen LogP contribution in [-0.2, 0) is 35.3 Å². The molecule has 0 aliphatic carbocycles. The van der Waals surface area contributed by atoms with E-state index in [4.69, 9.17) is 10.5 Å². The fraction of sp³-hybridized carbons (Fsp3) is 0.571. The van der Waals surface area contributed by atoms with Crippen molar-refractivity contribution < 1.29 is 33.5 Å². The molecule has 1 rings (SSSR count). The van der Waals surface area contributed by atoms with E-state index in [-0.39, 0.29) is 49.1 Å². The van der Waals surface area contributed by atoms with Crippen LogP contribution in [0.5, 0.6) is 0 Å². The summed E-state index contributed by atoms with van der Waals surface area (Å²) in [7, 11) is 0. The van der Waals surface area contributed by atoms with Crippen molar-refractivity contribution >= 4 is 57.2 Å². The molecule has 0 heterocycles. The molecule has 42 heavy (non-hydrogen) atoms. The largest absolute Gasteiger partial charge is 0.461 e. The van der Waals surface area contributed by atoms with E-state index in [1.807, 2.05) is 0 Å². The maximum absolute atomic E-state index is 13.2. The molecule has 0 bridgehead atoms. The highest BCUT2D eigenvalue weighted by molar-refractivity contribution is 9.09.